The van der Waals surface area contributed by atoms with Gasteiger partial charge in [0.2, 0.25) is 5.91 Å². The van der Waals surface area contributed by atoms with Crippen molar-refractivity contribution in [3.8, 4) is 0 Å². The van der Waals surface area contributed by atoms with Crippen LogP contribution in [-0.4, -0.2) is 15.9 Å². The predicted molar refractivity (Wildman–Crippen MR) is 95.8 cm³/mol. The van der Waals surface area contributed by atoms with Crippen LogP contribution in [0.5, 0.6) is 0 Å². The molecule has 4 nitrogen and oxygen atoms in total. The molecule has 2 aromatic heterocycles. The molecular formula is C19H18FN3OS. The molecule has 1 N–H and O–H groups in total. The minimum absolute atomic E-state index is 0.0815. The molecule has 6 heteroatoms. The number of carbonyl (C=O) groups excluding carboxylic acids is 1. The summed E-state index contributed by atoms with van der Waals surface area (Å²) in [6.07, 6.45) is 0.880. The summed E-state index contributed by atoms with van der Waals surface area (Å²) in [7, 11) is 0. The molecule has 0 fully saturated rings. The summed E-state index contributed by atoms with van der Waals surface area (Å²) < 4.78 is 12.9. The minimum Gasteiger partial charge on any atom is -0.350 e. The number of nitrogens with one attached hydrogen (secondary N) is 1. The summed E-state index contributed by atoms with van der Waals surface area (Å²) in [5.74, 6) is -0.328. The number of carbonyl (C=O) groups is 1. The van der Waals surface area contributed by atoms with E-state index in [1.807, 2.05) is 30.5 Å². The number of amides is 1. The molecule has 0 atom stereocenters. The number of benzene rings is 1. The Morgan fingerprint density at radius 2 is 1.92 bits per heavy atom. The Morgan fingerprint density at radius 3 is 2.68 bits per heavy atom. The lowest BCUT2D eigenvalue weighted by atomic mass is 10.1. The zero-order valence-electron chi connectivity index (χ0n) is 13.8. The first-order valence-electron chi connectivity index (χ1n) is 7.95. The zero-order chi connectivity index (χ0) is 17.6. The van der Waals surface area contributed by atoms with Crippen LogP contribution in [0.1, 0.15) is 27.7 Å². The third kappa shape index (κ3) is 5.19. The Labute approximate surface area is 149 Å². The minimum atomic E-state index is -0.247. The second-order valence-electron chi connectivity index (χ2n) is 5.76. The number of pyridine rings is 1. The summed E-state index contributed by atoms with van der Waals surface area (Å²) >= 11 is 1.51. The van der Waals surface area contributed by atoms with E-state index in [-0.39, 0.29) is 18.1 Å². The van der Waals surface area contributed by atoms with Crippen molar-refractivity contribution < 1.29 is 9.18 Å². The van der Waals surface area contributed by atoms with Gasteiger partial charge in [0.1, 0.15) is 5.82 Å². The van der Waals surface area contributed by atoms with E-state index in [4.69, 9.17) is 0 Å². The Kier molecular flexibility index (Phi) is 5.50. The van der Waals surface area contributed by atoms with Gasteiger partial charge in [0.05, 0.1) is 29.4 Å². The van der Waals surface area contributed by atoms with Crippen LogP contribution in [-0.2, 0) is 24.2 Å². The van der Waals surface area contributed by atoms with Gasteiger partial charge in [-0.15, -0.1) is 11.3 Å². The van der Waals surface area contributed by atoms with Gasteiger partial charge in [-0.25, -0.2) is 9.37 Å². The van der Waals surface area contributed by atoms with Crippen molar-refractivity contribution in [3.63, 3.8) is 0 Å². The van der Waals surface area contributed by atoms with Gasteiger partial charge in [-0.3, -0.25) is 9.78 Å². The van der Waals surface area contributed by atoms with Crippen molar-refractivity contribution in [2.45, 2.75) is 26.3 Å². The van der Waals surface area contributed by atoms with Gasteiger partial charge in [0.25, 0.3) is 0 Å². The lowest BCUT2D eigenvalue weighted by Crippen LogP contribution is -2.25. The highest BCUT2D eigenvalue weighted by atomic mass is 32.1. The average Bonchev–Trinajstić information content (AvgIpc) is 3.02. The fourth-order valence-corrected chi connectivity index (χ4v) is 3.23. The van der Waals surface area contributed by atoms with Crippen molar-refractivity contribution in [2.24, 2.45) is 0 Å². The van der Waals surface area contributed by atoms with Crippen LogP contribution in [0, 0.1) is 12.7 Å². The summed E-state index contributed by atoms with van der Waals surface area (Å²) in [6, 6.07) is 12.1. The lowest BCUT2D eigenvalue weighted by Gasteiger charge is -2.04. The number of hydrogen-bond acceptors (Lipinski definition) is 4. The summed E-state index contributed by atoms with van der Waals surface area (Å²) in [5.41, 5.74) is 3.51. The maximum atomic E-state index is 12.9. The molecule has 128 valence electrons. The molecular weight excluding hydrogens is 337 g/mol. The van der Waals surface area contributed by atoms with E-state index < -0.39 is 0 Å². The first kappa shape index (κ1) is 17.2. The number of aryl methyl sites for hydroxylation is 1. The molecule has 0 radical (unpaired) electrons. The number of aromatic nitrogens is 2. The van der Waals surface area contributed by atoms with Crippen LogP contribution in [0.15, 0.2) is 47.8 Å². The SMILES string of the molecule is Cc1cccc(CNC(=O)Cc2csc(Cc3ccc(F)cc3)n2)n1. The zero-order valence-corrected chi connectivity index (χ0v) is 14.6. The van der Waals surface area contributed by atoms with Crippen molar-refractivity contribution in [3.05, 3.63) is 81.3 Å². The molecule has 25 heavy (non-hydrogen) atoms. The monoisotopic (exact) mass is 355 g/mol. The maximum Gasteiger partial charge on any atom is 0.226 e. The van der Waals surface area contributed by atoms with Crippen LogP contribution < -0.4 is 5.32 Å². The van der Waals surface area contributed by atoms with Gasteiger partial charge in [0, 0.05) is 17.5 Å². The van der Waals surface area contributed by atoms with Gasteiger partial charge >= 0.3 is 0 Å². The third-order valence-electron chi connectivity index (χ3n) is 3.62. The fraction of sp³-hybridized carbons (Fsp3) is 0.211. The molecule has 0 aliphatic rings. The Bertz CT molecular complexity index is 861. The van der Waals surface area contributed by atoms with Crippen molar-refractivity contribution in [1.82, 2.24) is 15.3 Å². The van der Waals surface area contributed by atoms with Gasteiger partial charge < -0.3 is 5.32 Å². The Hall–Kier alpha value is -2.60. The van der Waals surface area contributed by atoms with E-state index in [2.05, 4.69) is 15.3 Å². The predicted octanol–water partition coefficient (Wildman–Crippen LogP) is 3.44. The molecule has 3 aromatic rings. The Morgan fingerprint density at radius 1 is 1.12 bits per heavy atom. The first-order chi connectivity index (χ1) is 12.1. The van der Waals surface area contributed by atoms with Gasteiger partial charge in [-0.2, -0.15) is 0 Å². The molecule has 0 saturated heterocycles. The topological polar surface area (TPSA) is 54.9 Å². The lowest BCUT2D eigenvalue weighted by molar-refractivity contribution is -0.120. The van der Waals surface area contributed by atoms with Gasteiger partial charge in [0.15, 0.2) is 0 Å². The molecule has 0 unspecified atom stereocenters. The molecule has 0 saturated carbocycles. The van der Waals surface area contributed by atoms with Crippen molar-refractivity contribution >= 4 is 17.2 Å². The van der Waals surface area contributed by atoms with Crippen LogP contribution in [0.3, 0.4) is 0 Å². The van der Waals surface area contributed by atoms with E-state index >= 15 is 0 Å². The molecule has 0 spiro atoms. The molecule has 3 rings (SSSR count). The average molecular weight is 355 g/mol. The molecule has 1 aromatic carbocycles. The highest BCUT2D eigenvalue weighted by Crippen LogP contribution is 2.15. The summed E-state index contributed by atoms with van der Waals surface area (Å²) in [4.78, 5) is 20.9. The number of nitrogens with zero attached hydrogens (tertiary/aromatic N) is 2. The van der Waals surface area contributed by atoms with Gasteiger partial charge in [-0.1, -0.05) is 18.2 Å². The molecule has 0 aliphatic heterocycles. The third-order valence-corrected chi connectivity index (χ3v) is 4.52. The van der Waals surface area contributed by atoms with Gasteiger partial charge in [-0.05, 0) is 36.8 Å². The number of thiazole rings is 1. The van der Waals surface area contributed by atoms with Crippen LogP contribution in [0.4, 0.5) is 4.39 Å². The second-order valence-corrected chi connectivity index (χ2v) is 6.70. The van der Waals surface area contributed by atoms with E-state index in [9.17, 15) is 9.18 Å². The fourth-order valence-electron chi connectivity index (χ4n) is 2.40. The van der Waals surface area contributed by atoms with Crippen molar-refractivity contribution in [2.75, 3.05) is 0 Å². The largest absolute Gasteiger partial charge is 0.350 e. The standard InChI is InChI=1S/C19H18FN3OS/c1-13-3-2-4-16(22-13)11-21-18(24)10-17-12-25-19(23-17)9-14-5-7-15(20)8-6-14/h2-8,12H,9-11H2,1H3,(H,21,24). The van der Waals surface area contributed by atoms with Crippen molar-refractivity contribution in [1.29, 1.82) is 0 Å². The summed E-state index contributed by atoms with van der Waals surface area (Å²) in [5, 5.41) is 5.67. The van der Waals surface area contributed by atoms with Crippen LogP contribution in [0.25, 0.3) is 0 Å². The second kappa shape index (κ2) is 7.98. The number of hydrogen-bond donors (Lipinski definition) is 1. The number of halogens is 1. The molecule has 2 heterocycles. The quantitative estimate of drug-likeness (QED) is 0.737. The summed E-state index contributed by atoms with van der Waals surface area (Å²) in [6.45, 7) is 2.33. The first-order valence-corrected chi connectivity index (χ1v) is 8.83. The highest BCUT2D eigenvalue weighted by molar-refractivity contribution is 7.09. The van der Waals surface area contributed by atoms with E-state index in [1.54, 1.807) is 12.1 Å². The van der Waals surface area contributed by atoms with Crippen LogP contribution in [0.2, 0.25) is 0 Å². The van der Waals surface area contributed by atoms with E-state index in [0.29, 0.717) is 13.0 Å². The normalized spacial score (nSPS) is 10.6. The smallest absolute Gasteiger partial charge is 0.226 e. The molecule has 0 aliphatic carbocycles. The maximum absolute atomic E-state index is 12.9. The molecule has 0 bridgehead atoms. The van der Waals surface area contributed by atoms with Crippen LogP contribution >= 0.6 is 11.3 Å². The number of rotatable bonds is 6. The highest BCUT2D eigenvalue weighted by Gasteiger charge is 2.09. The molecule has 1 amide bonds. The Balaban J connectivity index is 1.52. The van der Waals surface area contributed by atoms with E-state index in [1.165, 1.54) is 23.5 Å². The van der Waals surface area contributed by atoms with E-state index in [0.717, 1.165) is 27.7 Å².